The van der Waals surface area contributed by atoms with E-state index in [1.54, 1.807) is 0 Å². The van der Waals surface area contributed by atoms with Crippen LogP contribution in [0, 0.1) is 5.92 Å². The zero-order valence-corrected chi connectivity index (χ0v) is 13.1. The minimum absolute atomic E-state index is 0.816. The summed E-state index contributed by atoms with van der Waals surface area (Å²) >= 11 is 0. The first-order chi connectivity index (χ1) is 10.3. The largest absolute Gasteiger partial charge is 0.353 e. The second kappa shape index (κ2) is 7.18. The van der Waals surface area contributed by atoms with E-state index >= 15 is 0 Å². The molecule has 0 amide bonds. The normalized spacial score (nSPS) is 20.0. The Labute approximate surface area is 127 Å². The molecule has 1 aliphatic carbocycles. The number of piperazine rings is 1. The van der Waals surface area contributed by atoms with Crippen molar-refractivity contribution in [2.75, 3.05) is 44.2 Å². The van der Waals surface area contributed by atoms with Gasteiger partial charge in [0.1, 0.15) is 5.82 Å². The lowest BCUT2D eigenvalue weighted by atomic mass is 10.3. The molecule has 1 saturated carbocycles. The molecule has 1 aromatic heterocycles. The van der Waals surface area contributed by atoms with E-state index in [9.17, 15) is 0 Å². The van der Waals surface area contributed by atoms with Gasteiger partial charge in [0.2, 0.25) is 0 Å². The van der Waals surface area contributed by atoms with Gasteiger partial charge >= 0.3 is 0 Å². The molecule has 2 aliphatic rings. The molecule has 116 valence electrons. The molecule has 0 atom stereocenters. The first kappa shape index (κ1) is 14.7. The second-order valence-electron chi connectivity index (χ2n) is 6.27. The van der Waals surface area contributed by atoms with Crippen molar-refractivity contribution in [3.05, 3.63) is 18.1 Å². The van der Waals surface area contributed by atoms with Crippen molar-refractivity contribution >= 4 is 5.82 Å². The summed E-state index contributed by atoms with van der Waals surface area (Å²) in [5.41, 5.74) is 1.03. The van der Waals surface area contributed by atoms with Crippen LogP contribution in [0.1, 0.15) is 31.9 Å². The third-order valence-electron chi connectivity index (χ3n) is 4.33. The van der Waals surface area contributed by atoms with Crippen LogP contribution < -0.4 is 10.2 Å². The molecule has 2 heterocycles. The molecule has 3 rings (SSSR count). The average Bonchev–Trinajstić information content (AvgIpc) is 3.33. The molecular weight excluding hydrogens is 262 g/mol. The summed E-state index contributed by atoms with van der Waals surface area (Å²) in [4.78, 5) is 14.1. The van der Waals surface area contributed by atoms with Gasteiger partial charge in [-0.3, -0.25) is 9.88 Å². The molecule has 1 aliphatic heterocycles. The zero-order chi connectivity index (χ0) is 14.5. The van der Waals surface area contributed by atoms with Crippen molar-refractivity contribution < 1.29 is 0 Å². The van der Waals surface area contributed by atoms with E-state index in [4.69, 9.17) is 0 Å². The van der Waals surface area contributed by atoms with Crippen molar-refractivity contribution in [1.29, 1.82) is 0 Å². The van der Waals surface area contributed by atoms with Gasteiger partial charge in [0.25, 0.3) is 0 Å². The Bertz CT molecular complexity index is 421. The van der Waals surface area contributed by atoms with Crippen LogP contribution in [0.2, 0.25) is 0 Å². The van der Waals surface area contributed by atoms with Crippen LogP contribution in [0.3, 0.4) is 0 Å². The van der Waals surface area contributed by atoms with Crippen LogP contribution in [-0.2, 0) is 6.54 Å². The monoisotopic (exact) mass is 289 g/mol. The lowest BCUT2D eigenvalue weighted by Crippen LogP contribution is -2.47. The molecule has 5 heteroatoms. The maximum Gasteiger partial charge on any atom is 0.147 e. The molecule has 0 aromatic carbocycles. The Balaban J connectivity index is 1.45. The molecule has 0 unspecified atom stereocenters. The van der Waals surface area contributed by atoms with Crippen LogP contribution in [0.4, 0.5) is 5.82 Å². The van der Waals surface area contributed by atoms with E-state index in [2.05, 4.69) is 32.0 Å². The van der Waals surface area contributed by atoms with Gasteiger partial charge in [0.05, 0.1) is 18.1 Å². The minimum Gasteiger partial charge on any atom is -0.353 e. The van der Waals surface area contributed by atoms with E-state index in [-0.39, 0.29) is 0 Å². The Morgan fingerprint density at radius 1 is 1.14 bits per heavy atom. The van der Waals surface area contributed by atoms with Gasteiger partial charge < -0.3 is 10.2 Å². The lowest BCUT2D eigenvalue weighted by molar-refractivity contribution is 0.247. The molecule has 2 fully saturated rings. The van der Waals surface area contributed by atoms with Gasteiger partial charge in [-0.25, -0.2) is 4.98 Å². The number of aromatic nitrogens is 2. The van der Waals surface area contributed by atoms with Crippen LogP contribution in [0.5, 0.6) is 0 Å². The van der Waals surface area contributed by atoms with Gasteiger partial charge in [-0.05, 0) is 31.7 Å². The summed E-state index contributed by atoms with van der Waals surface area (Å²) in [5, 5.41) is 3.36. The molecule has 0 bridgehead atoms. The van der Waals surface area contributed by atoms with Gasteiger partial charge in [-0.1, -0.05) is 6.92 Å². The third-order valence-corrected chi connectivity index (χ3v) is 4.33. The highest BCUT2D eigenvalue weighted by Gasteiger charge is 2.26. The summed E-state index contributed by atoms with van der Waals surface area (Å²) in [5.74, 6) is 2.02. The number of nitrogens with zero attached hydrogens (tertiary/aromatic N) is 4. The highest BCUT2D eigenvalue weighted by molar-refractivity contribution is 5.36. The van der Waals surface area contributed by atoms with Crippen molar-refractivity contribution in [1.82, 2.24) is 20.2 Å². The Kier molecular flexibility index (Phi) is 5.04. The number of rotatable bonds is 7. The Hall–Kier alpha value is -1.20. The molecule has 1 aromatic rings. The average molecular weight is 289 g/mol. The number of hydrogen-bond acceptors (Lipinski definition) is 5. The second-order valence-corrected chi connectivity index (χ2v) is 6.27. The van der Waals surface area contributed by atoms with E-state index in [1.165, 1.54) is 19.4 Å². The summed E-state index contributed by atoms with van der Waals surface area (Å²) in [6.07, 6.45) is 7.88. The highest BCUT2D eigenvalue weighted by atomic mass is 15.3. The first-order valence-corrected chi connectivity index (χ1v) is 8.34. The van der Waals surface area contributed by atoms with Gasteiger partial charge in [0, 0.05) is 39.3 Å². The van der Waals surface area contributed by atoms with Gasteiger partial charge in [-0.2, -0.15) is 0 Å². The maximum absolute atomic E-state index is 4.58. The molecule has 0 radical (unpaired) electrons. The van der Waals surface area contributed by atoms with Gasteiger partial charge in [0.15, 0.2) is 0 Å². The summed E-state index contributed by atoms with van der Waals surface area (Å²) in [6.45, 7) is 9.81. The molecule has 1 saturated heterocycles. The molecule has 21 heavy (non-hydrogen) atoms. The highest BCUT2D eigenvalue weighted by Crippen LogP contribution is 2.30. The van der Waals surface area contributed by atoms with Crippen molar-refractivity contribution in [2.45, 2.75) is 32.7 Å². The fourth-order valence-corrected chi connectivity index (χ4v) is 2.82. The van der Waals surface area contributed by atoms with E-state index in [1.807, 2.05) is 12.4 Å². The topological polar surface area (TPSA) is 44.3 Å². The van der Waals surface area contributed by atoms with Crippen molar-refractivity contribution in [3.63, 3.8) is 0 Å². The minimum atomic E-state index is 0.816. The Morgan fingerprint density at radius 3 is 2.57 bits per heavy atom. The van der Waals surface area contributed by atoms with Crippen molar-refractivity contribution in [2.24, 2.45) is 5.92 Å². The fourth-order valence-electron chi connectivity index (χ4n) is 2.82. The molecule has 0 spiro atoms. The predicted molar refractivity (Wildman–Crippen MR) is 85.4 cm³/mol. The smallest absolute Gasteiger partial charge is 0.147 e. The molecule has 5 nitrogen and oxygen atoms in total. The number of anilines is 1. The first-order valence-electron chi connectivity index (χ1n) is 8.34. The SMILES string of the molecule is CCCNCc1cnc(N2CCN(CC3CC3)CC2)cn1. The van der Waals surface area contributed by atoms with Crippen LogP contribution in [-0.4, -0.2) is 54.1 Å². The van der Waals surface area contributed by atoms with Gasteiger partial charge in [-0.15, -0.1) is 0 Å². The van der Waals surface area contributed by atoms with E-state index < -0.39 is 0 Å². The number of hydrogen-bond donors (Lipinski definition) is 1. The summed E-state index contributed by atoms with van der Waals surface area (Å²) in [7, 11) is 0. The third kappa shape index (κ3) is 4.38. The number of nitrogens with one attached hydrogen (secondary N) is 1. The summed E-state index contributed by atoms with van der Waals surface area (Å²) < 4.78 is 0. The maximum atomic E-state index is 4.58. The lowest BCUT2D eigenvalue weighted by Gasteiger charge is -2.35. The van der Waals surface area contributed by atoms with Crippen LogP contribution in [0.25, 0.3) is 0 Å². The van der Waals surface area contributed by atoms with E-state index in [0.717, 1.165) is 63.1 Å². The molecular formula is C16H27N5. The fraction of sp³-hybridized carbons (Fsp3) is 0.750. The molecule has 1 N–H and O–H groups in total. The zero-order valence-electron chi connectivity index (χ0n) is 13.1. The van der Waals surface area contributed by atoms with Crippen LogP contribution in [0.15, 0.2) is 12.4 Å². The van der Waals surface area contributed by atoms with Crippen LogP contribution >= 0.6 is 0 Å². The van der Waals surface area contributed by atoms with E-state index in [0.29, 0.717) is 0 Å². The van der Waals surface area contributed by atoms with Crippen molar-refractivity contribution in [3.8, 4) is 0 Å². The summed E-state index contributed by atoms with van der Waals surface area (Å²) in [6, 6.07) is 0. The quantitative estimate of drug-likeness (QED) is 0.771. The standard InChI is InChI=1S/C16H27N5/c1-2-5-17-10-15-11-19-16(12-18-15)21-8-6-20(7-9-21)13-14-3-4-14/h11-12,14,17H,2-10,13H2,1H3. The predicted octanol–water partition coefficient (Wildman–Crippen LogP) is 1.51. The Morgan fingerprint density at radius 2 is 1.95 bits per heavy atom.